The molecule has 0 spiro atoms. The van der Waals surface area contributed by atoms with E-state index in [1.165, 1.54) is 15.6 Å². The largest absolute Gasteiger partial charge is 0.347 e. The molecule has 140 valence electrons. The molecule has 0 bridgehead atoms. The van der Waals surface area contributed by atoms with Gasteiger partial charge in [-0.25, -0.2) is 8.42 Å². The van der Waals surface area contributed by atoms with Gasteiger partial charge in [0.25, 0.3) is 10.0 Å². The maximum absolute atomic E-state index is 12.8. The SMILES string of the molecule is CN(C)C(=O)[C@@H](c1ccccc1)N1CCN(S(=O)(=O)c2cccs2)CC1. The second-order valence-electron chi connectivity index (χ2n) is 6.42. The summed E-state index contributed by atoms with van der Waals surface area (Å²) in [5.41, 5.74) is 0.931. The van der Waals surface area contributed by atoms with Crippen LogP contribution < -0.4 is 0 Å². The van der Waals surface area contributed by atoms with Gasteiger partial charge in [0.1, 0.15) is 10.3 Å². The van der Waals surface area contributed by atoms with Crippen LogP contribution >= 0.6 is 11.3 Å². The van der Waals surface area contributed by atoms with E-state index < -0.39 is 16.1 Å². The zero-order chi connectivity index (χ0) is 18.7. The summed E-state index contributed by atoms with van der Waals surface area (Å²) in [5.74, 6) is 0.00534. The Morgan fingerprint density at radius 2 is 1.69 bits per heavy atom. The molecule has 1 fully saturated rings. The molecule has 1 aliphatic rings. The fourth-order valence-electron chi connectivity index (χ4n) is 3.13. The van der Waals surface area contributed by atoms with Crippen LogP contribution in [-0.4, -0.2) is 68.7 Å². The number of thiophene rings is 1. The van der Waals surface area contributed by atoms with Crippen LogP contribution in [-0.2, 0) is 14.8 Å². The summed E-state index contributed by atoms with van der Waals surface area (Å²) in [6, 6.07) is 12.6. The molecule has 1 aromatic carbocycles. The minimum Gasteiger partial charge on any atom is -0.347 e. The van der Waals surface area contributed by atoms with Gasteiger partial charge in [0.05, 0.1) is 0 Å². The lowest BCUT2D eigenvalue weighted by molar-refractivity contribution is -0.135. The standard InChI is InChI=1S/C18H23N3O3S2/c1-19(2)18(22)17(15-7-4-3-5-8-15)20-10-12-21(13-11-20)26(23,24)16-9-6-14-25-16/h3-9,14,17H,10-13H2,1-2H3/t17-/m1/s1. The van der Waals surface area contributed by atoms with Crippen LogP contribution in [0.25, 0.3) is 0 Å². The van der Waals surface area contributed by atoms with Crippen molar-refractivity contribution in [3.8, 4) is 0 Å². The second-order valence-corrected chi connectivity index (χ2v) is 9.53. The molecule has 1 atom stereocenters. The van der Waals surface area contributed by atoms with E-state index in [2.05, 4.69) is 4.90 Å². The molecule has 0 saturated carbocycles. The van der Waals surface area contributed by atoms with Crippen molar-refractivity contribution in [1.29, 1.82) is 0 Å². The van der Waals surface area contributed by atoms with Gasteiger partial charge >= 0.3 is 0 Å². The van der Waals surface area contributed by atoms with Gasteiger partial charge in [0.2, 0.25) is 5.91 Å². The molecule has 6 nitrogen and oxygen atoms in total. The lowest BCUT2D eigenvalue weighted by Crippen LogP contribution is -2.52. The van der Waals surface area contributed by atoms with E-state index in [9.17, 15) is 13.2 Å². The van der Waals surface area contributed by atoms with Gasteiger partial charge in [-0.2, -0.15) is 4.31 Å². The van der Waals surface area contributed by atoms with E-state index in [0.717, 1.165) is 5.56 Å². The Bertz CT molecular complexity index is 828. The Balaban J connectivity index is 1.77. The summed E-state index contributed by atoms with van der Waals surface area (Å²) < 4.78 is 27.2. The first-order valence-electron chi connectivity index (χ1n) is 8.45. The first kappa shape index (κ1) is 19.0. The summed E-state index contributed by atoms with van der Waals surface area (Å²) >= 11 is 1.23. The second kappa shape index (κ2) is 7.87. The number of carbonyl (C=O) groups is 1. The van der Waals surface area contributed by atoms with Crippen LogP contribution in [0.15, 0.2) is 52.1 Å². The quantitative estimate of drug-likeness (QED) is 0.778. The van der Waals surface area contributed by atoms with Crippen LogP contribution in [0.1, 0.15) is 11.6 Å². The monoisotopic (exact) mass is 393 g/mol. The zero-order valence-corrected chi connectivity index (χ0v) is 16.5. The molecule has 0 N–H and O–H groups in total. The average Bonchev–Trinajstić information content (AvgIpc) is 3.19. The molecule has 1 saturated heterocycles. The molecule has 1 aromatic heterocycles. The molecular weight excluding hydrogens is 370 g/mol. The minimum atomic E-state index is -3.44. The van der Waals surface area contributed by atoms with Crippen molar-refractivity contribution in [2.45, 2.75) is 10.3 Å². The molecule has 3 rings (SSSR count). The first-order chi connectivity index (χ1) is 12.4. The number of sulfonamides is 1. The number of likely N-dealkylation sites (N-methyl/N-ethyl adjacent to an activating group) is 1. The van der Waals surface area contributed by atoms with Crippen LogP contribution in [0.3, 0.4) is 0 Å². The molecule has 1 amide bonds. The first-order valence-corrected chi connectivity index (χ1v) is 10.8. The van der Waals surface area contributed by atoms with Crippen molar-refractivity contribution >= 4 is 27.3 Å². The zero-order valence-electron chi connectivity index (χ0n) is 14.9. The topological polar surface area (TPSA) is 60.9 Å². The number of hydrogen-bond acceptors (Lipinski definition) is 5. The smallest absolute Gasteiger partial charge is 0.252 e. The predicted molar refractivity (Wildman–Crippen MR) is 103 cm³/mol. The van der Waals surface area contributed by atoms with Gasteiger partial charge in [-0.15, -0.1) is 11.3 Å². The number of nitrogens with zero attached hydrogens (tertiary/aromatic N) is 3. The van der Waals surface area contributed by atoms with Gasteiger partial charge in [-0.3, -0.25) is 9.69 Å². The Labute approximate surface area is 158 Å². The van der Waals surface area contributed by atoms with E-state index in [-0.39, 0.29) is 5.91 Å². The maximum atomic E-state index is 12.8. The highest BCUT2D eigenvalue weighted by Gasteiger charge is 2.35. The molecule has 2 aromatic rings. The number of hydrogen-bond donors (Lipinski definition) is 0. The average molecular weight is 394 g/mol. The van der Waals surface area contributed by atoms with E-state index in [0.29, 0.717) is 30.4 Å². The molecule has 8 heteroatoms. The number of piperazine rings is 1. The summed E-state index contributed by atoms with van der Waals surface area (Å²) in [4.78, 5) is 16.4. The van der Waals surface area contributed by atoms with E-state index in [1.54, 1.807) is 36.5 Å². The summed E-state index contributed by atoms with van der Waals surface area (Å²) in [6.07, 6.45) is 0. The fourth-order valence-corrected chi connectivity index (χ4v) is 5.70. The van der Waals surface area contributed by atoms with E-state index in [4.69, 9.17) is 0 Å². The van der Waals surface area contributed by atoms with Crippen molar-refractivity contribution < 1.29 is 13.2 Å². The number of amides is 1. The van der Waals surface area contributed by atoms with Gasteiger partial charge in [0.15, 0.2) is 0 Å². The predicted octanol–water partition coefficient (Wildman–Crippen LogP) is 1.88. The van der Waals surface area contributed by atoms with Crippen molar-refractivity contribution in [2.75, 3.05) is 40.3 Å². The number of benzene rings is 1. The third-order valence-electron chi connectivity index (χ3n) is 4.52. The van der Waals surface area contributed by atoms with E-state index in [1.807, 2.05) is 30.3 Å². The van der Waals surface area contributed by atoms with Crippen molar-refractivity contribution in [2.24, 2.45) is 0 Å². The Morgan fingerprint density at radius 1 is 1.04 bits per heavy atom. The number of rotatable bonds is 5. The van der Waals surface area contributed by atoms with Crippen LogP contribution in [0.2, 0.25) is 0 Å². The van der Waals surface area contributed by atoms with Gasteiger partial charge in [0, 0.05) is 40.3 Å². The Kier molecular flexibility index (Phi) is 5.76. The highest BCUT2D eigenvalue weighted by molar-refractivity contribution is 7.91. The molecule has 0 radical (unpaired) electrons. The van der Waals surface area contributed by atoms with Crippen LogP contribution in [0, 0.1) is 0 Å². The normalized spacial score (nSPS) is 17.8. The molecular formula is C18H23N3O3S2. The third kappa shape index (κ3) is 3.83. The third-order valence-corrected chi connectivity index (χ3v) is 7.79. The lowest BCUT2D eigenvalue weighted by atomic mass is 10.0. The van der Waals surface area contributed by atoms with Crippen molar-refractivity contribution in [3.63, 3.8) is 0 Å². The summed E-state index contributed by atoms with van der Waals surface area (Å²) in [6.45, 7) is 1.79. The minimum absolute atomic E-state index is 0.00534. The van der Waals surface area contributed by atoms with Gasteiger partial charge in [-0.1, -0.05) is 36.4 Å². The van der Waals surface area contributed by atoms with Gasteiger partial charge < -0.3 is 4.90 Å². The van der Waals surface area contributed by atoms with Gasteiger partial charge in [-0.05, 0) is 17.0 Å². The fraction of sp³-hybridized carbons (Fsp3) is 0.389. The highest BCUT2D eigenvalue weighted by atomic mass is 32.2. The lowest BCUT2D eigenvalue weighted by Gasteiger charge is -2.38. The van der Waals surface area contributed by atoms with Crippen LogP contribution in [0.4, 0.5) is 0 Å². The number of carbonyl (C=O) groups excluding carboxylic acids is 1. The Morgan fingerprint density at radius 3 is 2.23 bits per heavy atom. The molecule has 0 unspecified atom stereocenters. The van der Waals surface area contributed by atoms with E-state index >= 15 is 0 Å². The summed E-state index contributed by atoms with van der Waals surface area (Å²) in [7, 11) is 0.0524. The van der Waals surface area contributed by atoms with Crippen molar-refractivity contribution in [1.82, 2.24) is 14.1 Å². The van der Waals surface area contributed by atoms with Crippen LogP contribution in [0.5, 0.6) is 0 Å². The molecule has 26 heavy (non-hydrogen) atoms. The maximum Gasteiger partial charge on any atom is 0.252 e. The molecule has 2 heterocycles. The molecule has 1 aliphatic heterocycles. The highest BCUT2D eigenvalue weighted by Crippen LogP contribution is 2.27. The Hall–Kier alpha value is -1.74. The van der Waals surface area contributed by atoms with Crippen molar-refractivity contribution in [3.05, 3.63) is 53.4 Å². The summed E-state index contributed by atoms with van der Waals surface area (Å²) in [5, 5.41) is 1.77. The molecule has 0 aliphatic carbocycles.